The molecule has 2 radical (unpaired) electrons. The number of hydrogen-bond acceptors (Lipinski definition) is 0. The summed E-state index contributed by atoms with van der Waals surface area (Å²) in [6, 6.07) is 0. The molecule has 0 heterocycles. The number of hydrogen-bond donors (Lipinski definition) is 0. The average molecular weight is 112 g/mol. The summed E-state index contributed by atoms with van der Waals surface area (Å²) in [5.41, 5.74) is 0. The molecule has 8 heavy (non-hydrogen) atoms. The van der Waals surface area contributed by atoms with Crippen molar-refractivity contribution >= 4 is 0 Å². The van der Waals surface area contributed by atoms with Gasteiger partial charge in [0.05, 0.1) is 0 Å². The predicted molar refractivity (Wildman–Crippen MR) is 27.3 cm³/mol. The summed E-state index contributed by atoms with van der Waals surface area (Å²) >= 11 is 0. The first-order valence-electron chi connectivity index (χ1n) is 2.79. The third kappa shape index (κ3) is 1.32. The van der Waals surface area contributed by atoms with Crippen molar-refractivity contribution in [3.8, 4) is 0 Å². The quantitative estimate of drug-likeness (QED) is 0.418. The zero-order chi connectivity index (χ0) is 5.98. The Labute approximate surface area is 48.5 Å². The van der Waals surface area contributed by atoms with E-state index in [1.54, 1.807) is 0 Å². The minimum absolute atomic E-state index is 0.519. The molecule has 0 aromatic carbocycles. The predicted octanol–water partition coefficient (Wildman–Crippen LogP) is 0.935. The maximum atomic E-state index is 10.5. The summed E-state index contributed by atoms with van der Waals surface area (Å²) < 4.78 is 0. The van der Waals surface area contributed by atoms with Gasteiger partial charge in [-0.25, -0.2) is 10.2 Å². The fraction of sp³-hybridized carbons (Fsp3) is 0.667. The molecule has 0 amide bonds. The van der Waals surface area contributed by atoms with Crippen molar-refractivity contribution in [2.24, 2.45) is 0 Å². The van der Waals surface area contributed by atoms with Crippen LogP contribution < -0.4 is 0 Å². The Morgan fingerprint density at radius 3 is 1.62 bits per heavy atom. The molecule has 0 bridgehead atoms. The van der Waals surface area contributed by atoms with Crippen LogP contribution in [0.4, 0.5) is 0 Å². The van der Waals surface area contributed by atoms with Crippen molar-refractivity contribution in [3.05, 3.63) is 12.2 Å². The second-order valence-corrected chi connectivity index (χ2v) is 2.04. The lowest BCUT2D eigenvalue weighted by atomic mass is 10.0. The fourth-order valence-corrected chi connectivity index (χ4v) is 0.769. The Bertz CT molecular complexity index is 86.7. The normalized spacial score (nSPS) is 37.8. The van der Waals surface area contributed by atoms with Crippen LogP contribution in [0.2, 0.25) is 0 Å². The molecule has 1 aliphatic carbocycles. The lowest BCUT2D eigenvalue weighted by molar-refractivity contribution is 0.0646. The van der Waals surface area contributed by atoms with E-state index in [1.165, 1.54) is 12.2 Å². The van der Waals surface area contributed by atoms with E-state index in [-0.39, 0.29) is 0 Å². The Balaban J connectivity index is 2.42. The minimum Gasteiger partial charge on any atom is -0.229 e. The molecular formula is C6H8O2. The SMILES string of the molecule is [O]C1C=CC([O])CC1. The molecule has 2 unspecified atom stereocenters. The minimum atomic E-state index is -0.611. The molecule has 0 fully saturated rings. The maximum Gasteiger partial charge on any atom is 0.111 e. The van der Waals surface area contributed by atoms with Crippen LogP contribution in [0.5, 0.6) is 0 Å². The second-order valence-electron chi connectivity index (χ2n) is 2.04. The highest BCUT2D eigenvalue weighted by Crippen LogP contribution is 2.10. The largest absolute Gasteiger partial charge is 0.229 e. The van der Waals surface area contributed by atoms with Crippen LogP contribution in [0.25, 0.3) is 0 Å². The van der Waals surface area contributed by atoms with Gasteiger partial charge in [0.15, 0.2) is 0 Å². The van der Waals surface area contributed by atoms with Gasteiger partial charge in [-0.05, 0) is 12.8 Å². The Morgan fingerprint density at radius 1 is 1.00 bits per heavy atom. The van der Waals surface area contributed by atoms with Crippen molar-refractivity contribution in [3.63, 3.8) is 0 Å². The summed E-state index contributed by atoms with van der Waals surface area (Å²) in [7, 11) is 0. The molecule has 2 atom stereocenters. The first kappa shape index (κ1) is 5.79. The summed E-state index contributed by atoms with van der Waals surface area (Å²) in [6.45, 7) is 0. The molecule has 1 rings (SSSR count). The van der Waals surface area contributed by atoms with Crippen molar-refractivity contribution in [1.29, 1.82) is 0 Å². The summed E-state index contributed by atoms with van der Waals surface area (Å²) in [5, 5.41) is 20.9. The highest BCUT2D eigenvalue weighted by Gasteiger charge is 2.12. The van der Waals surface area contributed by atoms with Crippen LogP contribution in [-0.4, -0.2) is 12.2 Å². The smallest absolute Gasteiger partial charge is 0.111 e. The van der Waals surface area contributed by atoms with Crippen LogP contribution in [0.15, 0.2) is 12.2 Å². The van der Waals surface area contributed by atoms with Crippen LogP contribution in [-0.2, 0) is 10.2 Å². The van der Waals surface area contributed by atoms with Crippen LogP contribution >= 0.6 is 0 Å². The highest BCUT2D eigenvalue weighted by atomic mass is 16.3. The Morgan fingerprint density at radius 2 is 1.38 bits per heavy atom. The first-order valence-corrected chi connectivity index (χ1v) is 2.79. The molecule has 2 heteroatoms. The second kappa shape index (κ2) is 2.29. The first-order chi connectivity index (χ1) is 3.79. The van der Waals surface area contributed by atoms with Gasteiger partial charge in [-0.2, -0.15) is 0 Å². The molecule has 1 aliphatic rings. The summed E-state index contributed by atoms with van der Waals surface area (Å²) in [4.78, 5) is 0. The lowest BCUT2D eigenvalue weighted by Crippen LogP contribution is -2.12. The van der Waals surface area contributed by atoms with E-state index < -0.39 is 12.2 Å². The van der Waals surface area contributed by atoms with E-state index in [9.17, 15) is 10.2 Å². The van der Waals surface area contributed by atoms with Crippen molar-refractivity contribution in [2.45, 2.75) is 25.0 Å². The monoisotopic (exact) mass is 112 g/mol. The van der Waals surface area contributed by atoms with Crippen LogP contribution in [0, 0.1) is 0 Å². The maximum absolute atomic E-state index is 10.5. The summed E-state index contributed by atoms with van der Waals surface area (Å²) in [5.74, 6) is 0. The molecule has 44 valence electrons. The molecule has 0 aromatic rings. The van der Waals surface area contributed by atoms with Gasteiger partial charge in [0, 0.05) is 0 Å². The molecular weight excluding hydrogens is 104 g/mol. The highest BCUT2D eigenvalue weighted by molar-refractivity contribution is 4.98. The van der Waals surface area contributed by atoms with E-state index >= 15 is 0 Å². The van der Waals surface area contributed by atoms with E-state index in [0.29, 0.717) is 12.8 Å². The van der Waals surface area contributed by atoms with Gasteiger partial charge in [-0.3, -0.25) is 0 Å². The Kier molecular flexibility index (Phi) is 1.65. The van der Waals surface area contributed by atoms with Crippen molar-refractivity contribution in [1.82, 2.24) is 0 Å². The molecule has 0 aromatic heterocycles. The van der Waals surface area contributed by atoms with E-state index in [4.69, 9.17) is 0 Å². The van der Waals surface area contributed by atoms with Gasteiger partial charge in [0.25, 0.3) is 0 Å². The van der Waals surface area contributed by atoms with Gasteiger partial charge in [0.1, 0.15) is 12.2 Å². The van der Waals surface area contributed by atoms with Gasteiger partial charge in [-0.1, -0.05) is 12.2 Å². The zero-order valence-corrected chi connectivity index (χ0v) is 4.54. The number of rotatable bonds is 0. The fourth-order valence-electron chi connectivity index (χ4n) is 0.769. The summed E-state index contributed by atoms with van der Waals surface area (Å²) in [6.07, 6.45) is 2.73. The Hall–Kier alpha value is -0.340. The topological polar surface area (TPSA) is 39.8 Å². The van der Waals surface area contributed by atoms with Gasteiger partial charge >= 0.3 is 0 Å². The molecule has 0 saturated heterocycles. The van der Waals surface area contributed by atoms with E-state index in [2.05, 4.69) is 0 Å². The van der Waals surface area contributed by atoms with E-state index in [0.717, 1.165) is 0 Å². The van der Waals surface area contributed by atoms with Gasteiger partial charge < -0.3 is 0 Å². The van der Waals surface area contributed by atoms with E-state index in [1.807, 2.05) is 0 Å². The zero-order valence-electron chi connectivity index (χ0n) is 4.54. The lowest BCUT2D eigenvalue weighted by Gasteiger charge is -2.10. The molecule has 0 N–H and O–H groups in total. The van der Waals surface area contributed by atoms with Gasteiger partial charge in [0.2, 0.25) is 0 Å². The molecule has 2 nitrogen and oxygen atoms in total. The molecule has 0 spiro atoms. The van der Waals surface area contributed by atoms with Crippen molar-refractivity contribution < 1.29 is 10.2 Å². The van der Waals surface area contributed by atoms with Crippen LogP contribution in [0.3, 0.4) is 0 Å². The molecule has 0 aliphatic heterocycles. The van der Waals surface area contributed by atoms with Gasteiger partial charge in [-0.15, -0.1) is 0 Å². The van der Waals surface area contributed by atoms with Crippen molar-refractivity contribution in [2.75, 3.05) is 0 Å². The average Bonchev–Trinajstić information content (AvgIpc) is 1.77. The standard InChI is InChI=1S/C6H8O2/c7-5-1-2-6(8)4-3-5/h1-2,5-6H,3-4H2. The third-order valence-corrected chi connectivity index (χ3v) is 1.28. The molecule has 0 saturated carbocycles. The third-order valence-electron chi connectivity index (χ3n) is 1.28. The van der Waals surface area contributed by atoms with Crippen LogP contribution in [0.1, 0.15) is 12.8 Å².